The summed E-state index contributed by atoms with van der Waals surface area (Å²) in [4.78, 5) is 18.6. The first-order valence-electron chi connectivity index (χ1n) is 8.27. The number of carbonyl (C=O) groups excluding carboxylic acids is 1. The van der Waals surface area contributed by atoms with Crippen molar-refractivity contribution in [2.75, 3.05) is 14.2 Å². The van der Waals surface area contributed by atoms with Crippen LogP contribution in [0.5, 0.6) is 5.75 Å². The summed E-state index contributed by atoms with van der Waals surface area (Å²) >= 11 is 0. The predicted octanol–water partition coefficient (Wildman–Crippen LogP) is 3.63. The van der Waals surface area contributed by atoms with Crippen molar-refractivity contribution >= 4 is 5.91 Å². The molecule has 6 heteroatoms. The van der Waals surface area contributed by atoms with E-state index in [4.69, 9.17) is 9.26 Å². The number of rotatable bonds is 5. The molecule has 3 rings (SSSR count). The highest BCUT2D eigenvalue weighted by Crippen LogP contribution is 2.20. The summed E-state index contributed by atoms with van der Waals surface area (Å²) in [5.74, 6) is 1.55. The van der Waals surface area contributed by atoms with E-state index in [0.29, 0.717) is 17.3 Å². The number of hydrogen-bond donors (Lipinski definition) is 0. The number of carbonyl (C=O) groups is 1. The highest BCUT2D eigenvalue weighted by molar-refractivity contribution is 5.95. The zero-order chi connectivity index (χ0) is 18.7. The first kappa shape index (κ1) is 17.7. The molecule has 1 heterocycles. The Bertz CT molecular complexity index is 916. The average Bonchev–Trinajstić information content (AvgIpc) is 3.09. The van der Waals surface area contributed by atoms with Gasteiger partial charge in [0.15, 0.2) is 0 Å². The Labute approximate surface area is 152 Å². The summed E-state index contributed by atoms with van der Waals surface area (Å²) in [6, 6.07) is 13.2. The van der Waals surface area contributed by atoms with Crippen molar-refractivity contribution in [3.05, 3.63) is 65.0 Å². The van der Waals surface area contributed by atoms with E-state index in [0.717, 1.165) is 22.4 Å². The van der Waals surface area contributed by atoms with E-state index in [2.05, 4.69) is 10.1 Å². The average molecular weight is 351 g/mol. The fourth-order valence-corrected chi connectivity index (χ4v) is 2.71. The predicted molar refractivity (Wildman–Crippen MR) is 98.0 cm³/mol. The largest absolute Gasteiger partial charge is 0.497 e. The maximum Gasteiger partial charge on any atom is 0.254 e. The van der Waals surface area contributed by atoms with Gasteiger partial charge < -0.3 is 14.2 Å². The van der Waals surface area contributed by atoms with Crippen LogP contribution < -0.4 is 4.74 Å². The fourth-order valence-electron chi connectivity index (χ4n) is 2.71. The van der Waals surface area contributed by atoms with Crippen molar-refractivity contribution < 1.29 is 14.1 Å². The first-order valence-corrected chi connectivity index (χ1v) is 8.27. The molecule has 0 fully saturated rings. The highest BCUT2D eigenvalue weighted by Gasteiger charge is 2.17. The Hall–Kier alpha value is -3.15. The van der Waals surface area contributed by atoms with Gasteiger partial charge in [0.25, 0.3) is 5.91 Å². The monoisotopic (exact) mass is 351 g/mol. The number of hydrogen-bond acceptors (Lipinski definition) is 5. The number of nitrogens with zero attached hydrogens (tertiary/aromatic N) is 3. The van der Waals surface area contributed by atoms with Crippen LogP contribution in [0.3, 0.4) is 0 Å². The molecule has 0 radical (unpaired) electrons. The second-order valence-corrected chi connectivity index (χ2v) is 6.22. The van der Waals surface area contributed by atoms with Crippen LogP contribution >= 0.6 is 0 Å². The number of ether oxygens (including phenoxy) is 1. The van der Waals surface area contributed by atoms with Crippen LogP contribution in [0.25, 0.3) is 11.4 Å². The minimum absolute atomic E-state index is 0.0771. The van der Waals surface area contributed by atoms with Crippen molar-refractivity contribution in [2.24, 2.45) is 0 Å². The minimum Gasteiger partial charge on any atom is -0.497 e. The topological polar surface area (TPSA) is 68.5 Å². The van der Waals surface area contributed by atoms with E-state index in [1.165, 1.54) is 0 Å². The molecule has 0 unspecified atom stereocenters. The molecular weight excluding hydrogens is 330 g/mol. The Morgan fingerprint density at radius 2 is 1.88 bits per heavy atom. The summed E-state index contributed by atoms with van der Waals surface area (Å²) in [5.41, 5.74) is 3.58. The molecule has 6 nitrogen and oxygen atoms in total. The molecule has 0 aliphatic heterocycles. The summed E-state index contributed by atoms with van der Waals surface area (Å²) in [7, 11) is 3.34. The molecule has 0 N–H and O–H groups in total. The maximum absolute atomic E-state index is 12.7. The standard InChI is InChI=1S/C20H21N3O3/c1-13-5-10-17(14(2)11-13)20(24)23(3)12-18-21-19(22-26-18)15-6-8-16(25-4)9-7-15/h5-11H,12H2,1-4H3. The van der Waals surface area contributed by atoms with Gasteiger partial charge in [-0.15, -0.1) is 0 Å². The van der Waals surface area contributed by atoms with Gasteiger partial charge in [-0.3, -0.25) is 4.79 Å². The molecule has 0 aliphatic rings. The molecule has 134 valence electrons. The third-order valence-electron chi connectivity index (χ3n) is 4.15. The van der Waals surface area contributed by atoms with E-state index in [-0.39, 0.29) is 12.5 Å². The Kier molecular flexibility index (Phi) is 5.02. The number of methoxy groups -OCH3 is 1. The quantitative estimate of drug-likeness (QED) is 0.702. The molecule has 26 heavy (non-hydrogen) atoms. The van der Waals surface area contributed by atoms with Crippen LogP contribution in [0.2, 0.25) is 0 Å². The third kappa shape index (κ3) is 3.74. The molecule has 0 saturated carbocycles. The molecule has 0 atom stereocenters. The minimum atomic E-state index is -0.0771. The second-order valence-electron chi connectivity index (χ2n) is 6.22. The van der Waals surface area contributed by atoms with Crippen LogP contribution in [-0.2, 0) is 6.54 Å². The van der Waals surface area contributed by atoms with Gasteiger partial charge in [-0.05, 0) is 49.7 Å². The normalized spacial score (nSPS) is 10.6. The molecule has 0 saturated heterocycles. The summed E-state index contributed by atoms with van der Waals surface area (Å²) < 4.78 is 10.4. The first-order chi connectivity index (χ1) is 12.5. The molecule has 2 aromatic carbocycles. The van der Waals surface area contributed by atoms with E-state index in [9.17, 15) is 4.79 Å². The molecule has 1 amide bonds. The van der Waals surface area contributed by atoms with Crippen molar-refractivity contribution in [3.63, 3.8) is 0 Å². The Morgan fingerprint density at radius 3 is 2.54 bits per heavy atom. The van der Waals surface area contributed by atoms with Crippen LogP contribution in [0.1, 0.15) is 27.4 Å². The lowest BCUT2D eigenvalue weighted by molar-refractivity contribution is 0.0769. The molecular formula is C20H21N3O3. The third-order valence-corrected chi connectivity index (χ3v) is 4.15. The number of amides is 1. The SMILES string of the molecule is COc1ccc(-c2noc(CN(C)C(=O)c3ccc(C)cc3C)n2)cc1. The fraction of sp³-hybridized carbons (Fsp3) is 0.250. The van der Waals surface area contributed by atoms with Gasteiger partial charge in [0, 0.05) is 18.2 Å². The van der Waals surface area contributed by atoms with Crippen LogP contribution in [0.4, 0.5) is 0 Å². The van der Waals surface area contributed by atoms with Crippen LogP contribution in [0.15, 0.2) is 47.0 Å². The summed E-state index contributed by atoms with van der Waals surface area (Å²) in [6.45, 7) is 4.18. The van der Waals surface area contributed by atoms with Crippen LogP contribution in [0, 0.1) is 13.8 Å². The van der Waals surface area contributed by atoms with Gasteiger partial charge in [-0.2, -0.15) is 4.98 Å². The maximum atomic E-state index is 12.7. The van der Waals surface area contributed by atoms with Gasteiger partial charge in [-0.1, -0.05) is 22.9 Å². The summed E-state index contributed by atoms with van der Waals surface area (Å²) in [5, 5.41) is 3.99. The lowest BCUT2D eigenvalue weighted by Crippen LogP contribution is -2.27. The lowest BCUT2D eigenvalue weighted by Gasteiger charge is -2.16. The summed E-state index contributed by atoms with van der Waals surface area (Å²) in [6.07, 6.45) is 0. The van der Waals surface area contributed by atoms with Crippen molar-refractivity contribution in [1.29, 1.82) is 0 Å². The number of aromatic nitrogens is 2. The molecule has 1 aromatic heterocycles. The number of benzene rings is 2. The lowest BCUT2D eigenvalue weighted by atomic mass is 10.0. The smallest absolute Gasteiger partial charge is 0.254 e. The molecule has 0 bridgehead atoms. The van der Waals surface area contributed by atoms with Gasteiger partial charge in [0.05, 0.1) is 13.7 Å². The van der Waals surface area contributed by atoms with E-state index >= 15 is 0 Å². The van der Waals surface area contributed by atoms with Crippen molar-refractivity contribution in [3.8, 4) is 17.1 Å². The van der Waals surface area contributed by atoms with E-state index < -0.39 is 0 Å². The van der Waals surface area contributed by atoms with E-state index in [1.807, 2.05) is 56.3 Å². The number of aryl methyl sites for hydroxylation is 2. The van der Waals surface area contributed by atoms with Crippen molar-refractivity contribution in [1.82, 2.24) is 15.0 Å². The zero-order valence-corrected chi connectivity index (χ0v) is 15.3. The van der Waals surface area contributed by atoms with Gasteiger partial charge in [0.2, 0.25) is 11.7 Å². The second kappa shape index (κ2) is 7.39. The van der Waals surface area contributed by atoms with Gasteiger partial charge in [-0.25, -0.2) is 0 Å². The van der Waals surface area contributed by atoms with E-state index in [1.54, 1.807) is 19.1 Å². The highest BCUT2D eigenvalue weighted by atomic mass is 16.5. The molecule has 0 aliphatic carbocycles. The van der Waals surface area contributed by atoms with Gasteiger partial charge >= 0.3 is 0 Å². The Morgan fingerprint density at radius 1 is 1.15 bits per heavy atom. The van der Waals surface area contributed by atoms with Gasteiger partial charge in [0.1, 0.15) is 5.75 Å². The zero-order valence-electron chi connectivity index (χ0n) is 15.3. The molecule has 3 aromatic rings. The molecule has 0 spiro atoms. The van der Waals surface area contributed by atoms with Crippen molar-refractivity contribution in [2.45, 2.75) is 20.4 Å². The Balaban J connectivity index is 1.72. The van der Waals surface area contributed by atoms with Crippen LogP contribution in [-0.4, -0.2) is 35.1 Å².